The summed E-state index contributed by atoms with van der Waals surface area (Å²) < 4.78 is 16.2. The van der Waals surface area contributed by atoms with E-state index in [9.17, 15) is 4.79 Å². The number of hydrogen-bond donors (Lipinski definition) is 2. The Labute approximate surface area is 179 Å². The lowest BCUT2D eigenvalue weighted by atomic mass is 10.0. The molecule has 6 heteroatoms. The fourth-order valence-corrected chi connectivity index (χ4v) is 4.20. The van der Waals surface area contributed by atoms with Crippen molar-refractivity contribution in [2.45, 2.75) is 31.7 Å². The Kier molecular flexibility index (Phi) is 7.97. The SMILES string of the molecule is COc1cc(CCC(=O)NC[C@@H](c2ccccc2)[NH+]2CCCC2)cc(OC)c1OC. The fraction of sp³-hybridized carbons (Fsp3) is 0.458. The summed E-state index contributed by atoms with van der Waals surface area (Å²) in [5, 5.41) is 3.16. The molecule has 0 unspecified atom stereocenters. The predicted octanol–water partition coefficient (Wildman–Crippen LogP) is 2.18. The molecule has 30 heavy (non-hydrogen) atoms. The van der Waals surface area contributed by atoms with Crippen molar-refractivity contribution in [2.75, 3.05) is 41.0 Å². The second-order valence-corrected chi connectivity index (χ2v) is 7.67. The highest BCUT2D eigenvalue weighted by Crippen LogP contribution is 2.38. The molecule has 0 aromatic heterocycles. The number of nitrogens with one attached hydrogen (secondary N) is 2. The zero-order valence-corrected chi connectivity index (χ0v) is 18.2. The second-order valence-electron chi connectivity index (χ2n) is 7.67. The van der Waals surface area contributed by atoms with Crippen molar-refractivity contribution >= 4 is 5.91 Å². The summed E-state index contributed by atoms with van der Waals surface area (Å²) in [7, 11) is 4.77. The Balaban J connectivity index is 1.60. The van der Waals surface area contributed by atoms with Crippen LogP contribution in [0.25, 0.3) is 0 Å². The van der Waals surface area contributed by atoms with Gasteiger partial charge in [-0.25, -0.2) is 0 Å². The number of amides is 1. The number of carbonyl (C=O) groups is 1. The topological polar surface area (TPSA) is 61.2 Å². The van der Waals surface area contributed by atoms with Crippen LogP contribution in [0, 0.1) is 0 Å². The molecule has 0 bridgehead atoms. The number of rotatable bonds is 10. The van der Waals surface area contributed by atoms with Gasteiger partial charge in [0.25, 0.3) is 0 Å². The first-order valence-electron chi connectivity index (χ1n) is 10.6. The predicted molar refractivity (Wildman–Crippen MR) is 117 cm³/mol. The molecule has 2 aromatic carbocycles. The number of aryl methyl sites for hydroxylation is 1. The highest BCUT2D eigenvalue weighted by molar-refractivity contribution is 5.76. The van der Waals surface area contributed by atoms with Crippen molar-refractivity contribution < 1.29 is 23.9 Å². The molecule has 2 aromatic rings. The highest BCUT2D eigenvalue weighted by Gasteiger charge is 2.27. The molecule has 1 aliphatic rings. The van der Waals surface area contributed by atoms with Crippen molar-refractivity contribution in [2.24, 2.45) is 0 Å². The zero-order chi connectivity index (χ0) is 21.3. The molecule has 1 fully saturated rings. The van der Waals surface area contributed by atoms with Gasteiger partial charge in [-0.1, -0.05) is 30.3 Å². The number of quaternary nitrogens is 1. The number of hydrogen-bond acceptors (Lipinski definition) is 4. The first kappa shape index (κ1) is 22.0. The molecule has 162 valence electrons. The first-order valence-corrected chi connectivity index (χ1v) is 10.6. The lowest BCUT2D eigenvalue weighted by Gasteiger charge is -2.25. The molecule has 3 rings (SSSR count). The molecule has 0 saturated carbocycles. The van der Waals surface area contributed by atoms with Crippen molar-refractivity contribution in [1.82, 2.24) is 5.32 Å². The van der Waals surface area contributed by atoms with E-state index in [2.05, 4.69) is 29.6 Å². The minimum absolute atomic E-state index is 0.0586. The third kappa shape index (κ3) is 5.45. The lowest BCUT2D eigenvalue weighted by molar-refractivity contribution is -0.918. The molecule has 2 N–H and O–H groups in total. The van der Waals surface area contributed by atoms with Gasteiger partial charge in [-0.05, 0) is 24.1 Å². The Morgan fingerprint density at radius 2 is 1.63 bits per heavy atom. The monoisotopic (exact) mass is 413 g/mol. The standard InChI is InChI=1S/C24H32N2O4/c1-28-21-15-18(16-22(29-2)24(21)30-3)11-12-23(27)25-17-20(26-13-7-8-14-26)19-9-5-4-6-10-19/h4-6,9-10,15-16,20H,7-8,11-14,17H2,1-3H3,(H,25,27)/p+1/t20-/m0/s1. The maximum atomic E-state index is 12.6. The largest absolute Gasteiger partial charge is 0.493 e. The van der Waals surface area contributed by atoms with Crippen LogP contribution in [0.2, 0.25) is 0 Å². The van der Waals surface area contributed by atoms with Crippen LogP contribution in [0.15, 0.2) is 42.5 Å². The van der Waals surface area contributed by atoms with Gasteiger partial charge >= 0.3 is 0 Å². The average molecular weight is 414 g/mol. The van der Waals surface area contributed by atoms with E-state index in [1.165, 1.54) is 31.5 Å². The van der Waals surface area contributed by atoms with Crippen molar-refractivity contribution in [3.8, 4) is 17.2 Å². The van der Waals surface area contributed by atoms with Gasteiger partial charge in [-0.2, -0.15) is 0 Å². The molecular formula is C24H33N2O4+. The second kappa shape index (κ2) is 10.9. The van der Waals surface area contributed by atoms with Gasteiger partial charge in [0.15, 0.2) is 11.5 Å². The maximum Gasteiger partial charge on any atom is 0.220 e. The Morgan fingerprint density at radius 3 is 2.20 bits per heavy atom. The molecule has 1 aliphatic heterocycles. The van der Waals surface area contributed by atoms with Crippen LogP contribution in [-0.2, 0) is 11.2 Å². The van der Waals surface area contributed by atoms with Crippen LogP contribution in [0.5, 0.6) is 17.2 Å². The van der Waals surface area contributed by atoms with Gasteiger partial charge in [0, 0.05) is 24.8 Å². The molecule has 1 heterocycles. The first-order chi connectivity index (χ1) is 14.7. The summed E-state index contributed by atoms with van der Waals surface area (Å²) in [5.74, 6) is 1.83. The highest BCUT2D eigenvalue weighted by atomic mass is 16.5. The molecule has 0 spiro atoms. The van der Waals surface area contributed by atoms with Crippen molar-refractivity contribution in [1.29, 1.82) is 0 Å². The van der Waals surface area contributed by atoms with Crippen LogP contribution in [0.3, 0.4) is 0 Å². The van der Waals surface area contributed by atoms with Crippen LogP contribution in [0.4, 0.5) is 0 Å². The molecule has 1 amide bonds. The van der Waals surface area contributed by atoms with Gasteiger partial charge in [-0.3, -0.25) is 4.79 Å². The van der Waals surface area contributed by atoms with Crippen molar-refractivity contribution in [3.05, 3.63) is 53.6 Å². The Bertz CT molecular complexity index is 794. The third-order valence-corrected chi connectivity index (χ3v) is 5.81. The van der Waals surface area contributed by atoms with E-state index in [4.69, 9.17) is 14.2 Å². The molecule has 1 saturated heterocycles. The quantitative estimate of drug-likeness (QED) is 0.627. The van der Waals surface area contributed by atoms with Gasteiger partial charge in [0.2, 0.25) is 11.7 Å². The van der Waals surface area contributed by atoms with E-state index < -0.39 is 0 Å². The number of methoxy groups -OCH3 is 3. The average Bonchev–Trinajstić information content (AvgIpc) is 3.32. The molecule has 0 radical (unpaired) electrons. The molecule has 6 nitrogen and oxygen atoms in total. The Morgan fingerprint density at radius 1 is 1.00 bits per heavy atom. The number of carbonyl (C=O) groups excluding carboxylic acids is 1. The van der Waals surface area contributed by atoms with Crippen molar-refractivity contribution in [3.63, 3.8) is 0 Å². The van der Waals surface area contributed by atoms with Crippen LogP contribution in [-0.4, -0.2) is 46.9 Å². The zero-order valence-electron chi connectivity index (χ0n) is 18.2. The lowest BCUT2D eigenvalue weighted by Crippen LogP contribution is -3.11. The fourth-order valence-electron chi connectivity index (χ4n) is 4.20. The van der Waals surface area contributed by atoms with Crippen LogP contribution in [0.1, 0.15) is 36.4 Å². The van der Waals surface area contributed by atoms with E-state index in [1.807, 2.05) is 18.2 Å². The van der Waals surface area contributed by atoms with Crippen LogP contribution < -0.4 is 24.4 Å². The van der Waals surface area contributed by atoms with E-state index in [0.717, 1.165) is 5.56 Å². The smallest absolute Gasteiger partial charge is 0.220 e. The number of likely N-dealkylation sites (tertiary alicyclic amines) is 1. The van der Waals surface area contributed by atoms with E-state index in [-0.39, 0.29) is 5.91 Å². The summed E-state index contributed by atoms with van der Waals surface area (Å²) >= 11 is 0. The minimum Gasteiger partial charge on any atom is -0.493 e. The molecule has 0 aliphatic carbocycles. The van der Waals surface area contributed by atoms with Gasteiger partial charge in [0.05, 0.1) is 41.0 Å². The van der Waals surface area contributed by atoms with E-state index >= 15 is 0 Å². The third-order valence-electron chi connectivity index (χ3n) is 5.81. The summed E-state index contributed by atoms with van der Waals surface area (Å²) in [6.45, 7) is 3.00. The summed E-state index contributed by atoms with van der Waals surface area (Å²) in [6.07, 6.45) is 3.53. The van der Waals surface area contributed by atoms with E-state index in [0.29, 0.717) is 42.7 Å². The molecule has 1 atom stereocenters. The van der Waals surface area contributed by atoms with Gasteiger partial charge < -0.3 is 24.4 Å². The van der Waals surface area contributed by atoms with E-state index in [1.54, 1.807) is 26.2 Å². The summed E-state index contributed by atoms with van der Waals surface area (Å²) in [6, 6.07) is 14.6. The maximum absolute atomic E-state index is 12.6. The van der Waals surface area contributed by atoms with Gasteiger partial charge in [0.1, 0.15) is 6.04 Å². The summed E-state index contributed by atoms with van der Waals surface area (Å²) in [5.41, 5.74) is 2.27. The number of ether oxygens (including phenoxy) is 3. The minimum atomic E-state index is 0.0586. The van der Waals surface area contributed by atoms with Crippen LogP contribution >= 0.6 is 0 Å². The number of benzene rings is 2. The Hall–Kier alpha value is -2.73. The van der Waals surface area contributed by atoms with Gasteiger partial charge in [-0.15, -0.1) is 0 Å². The molecular weight excluding hydrogens is 380 g/mol. The normalized spacial score (nSPS) is 14.9. The summed E-state index contributed by atoms with van der Waals surface area (Å²) in [4.78, 5) is 14.2.